The van der Waals surface area contributed by atoms with Crippen LogP contribution in [0.1, 0.15) is 41.9 Å². The van der Waals surface area contributed by atoms with Crippen LogP contribution in [-0.4, -0.2) is 26.8 Å². The molecule has 6 heteroatoms. The van der Waals surface area contributed by atoms with Crippen LogP contribution in [0.3, 0.4) is 0 Å². The van der Waals surface area contributed by atoms with Gasteiger partial charge in [0, 0.05) is 24.3 Å². The SMILES string of the molecule is CC1=CC(C)=[N+]2C1=C(c1ccc(CO)cc1)c1c(C)cc(C)n1[B-]2(F)F. The Morgan fingerprint density at radius 3 is 2.35 bits per heavy atom. The van der Waals surface area contributed by atoms with E-state index < -0.39 is 6.97 Å². The minimum Gasteiger partial charge on any atom is -0.393 e. The third kappa shape index (κ3) is 2.11. The topological polar surface area (TPSA) is 28.2 Å². The molecule has 1 aromatic carbocycles. The van der Waals surface area contributed by atoms with E-state index in [2.05, 4.69) is 0 Å². The number of aryl methyl sites for hydroxylation is 2. The van der Waals surface area contributed by atoms with Gasteiger partial charge < -0.3 is 22.7 Å². The van der Waals surface area contributed by atoms with E-state index in [1.54, 1.807) is 13.8 Å². The first-order chi connectivity index (χ1) is 12.3. The normalized spacial score (nSPS) is 18.2. The first-order valence-electron chi connectivity index (χ1n) is 8.74. The fourth-order valence-electron chi connectivity index (χ4n) is 4.35. The second-order valence-electron chi connectivity index (χ2n) is 7.19. The highest BCUT2D eigenvalue weighted by Crippen LogP contribution is 2.44. The van der Waals surface area contributed by atoms with Crippen LogP contribution >= 0.6 is 0 Å². The number of fused-ring (bicyclic) bond motifs is 2. The van der Waals surface area contributed by atoms with Crippen LogP contribution in [0.25, 0.3) is 5.57 Å². The highest BCUT2D eigenvalue weighted by molar-refractivity contribution is 6.58. The monoisotopic (exact) mass is 354 g/mol. The number of nitrogens with zero attached hydrogens (tertiary/aromatic N) is 2. The van der Waals surface area contributed by atoms with Crippen LogP contribution < -0.4 is 0 Å². The Bertz CT molecular complexity index is 1030. The van der Waals surface area contributed by atoms with Crippen LogP contribution in [0.5, 0.6) is 0 Å². The molecule has 0 fully saturated rings. The van der Waals surface area contributed by atoms with Crippen molar-refractivity contribution in [3.63, 3.8) is 0 Å². The number of hydrogen-bond acceptors (Lipinski definition) is 1. The van der Waals surface area contributed by atoms with Crippen molar-refractivity contribution in [2.75, 3.05) is 0 Å². The number of rotatable bonds is 2. The van der Waals surface area contributed by atoms with E-state index in [1.165, 1.54) is 8.96 Å². The van der Waals surface area contributed by atoms with Crippen molar-refractivity contribution in [2.45, 2.75) is 34.3 Å². The molecule has 2 aliphatic heterocycles. The molecule has 0 atom stereocenters. The lowest BCUT2D eigenvalue weighted by atomic mass is 9.83. The molecule has 0 saturated heterocycles. The Labute approximate surface area is 151 Å². The molecule has 1 aromatic heterocycles. The van der Waals surface area contributed by atoms with Crippen LogP contribution in [0.15, 0.2) is 47.7 Å². The van der Waals surface area contributed by atoms with Crippen LogP contribution in [0.2, 0.25) is 0 Å². The van der Waals surface area contributed by atoms with Crippen molar-refractivity contribution in [3.8, 4) is 0 Å². The van der Waals surface area contributed by atoms with Gasteiger partial charge in [0.2, 0.25) is 0 Å². The van der Waals surface area contributed by atoms with Gasteiger partial charge in [-0.05, 0) is 49.2 Å². The van der Waals surface area contributed by atoms with Crippen LogP contribution in [-0.2, 0) is 6.61 Å². The molecule has 2 aromatic rings. The third-order valence-electron chi connectivity index (χ3n) is 5.36. The standard InChI is InChI=1S/C20H21BF2N2O/c1-12-9-14(3)24-19(12)18(17-7-5-16(11-26)6-8-17)20-13(2)10-15(4)25(20)21(24,22)23/h5-10,26H,11H2,1-4H3. The average Bonchev–Trinajstić information content (AvgIpc) is 3.05. The lowest BCUT2D eigenvalue weighted by Crippen LogP contribution is -2.51. The first kappa shape index (κ1) is 17.0. The van der Waals surface area contributed by atoms with E-state index in [1.807, 2.05) is 50.3 Å². The van der Waals surface area contributed by atoms with E-state index in [-0.39, 0.29) is 6.61 Å². The van der Waals surface area contributed by atoms with E-state index in [4.69, 9.17) is 0 Å². The summed E-state index contributed by atoms with van der Waals surface area (Å²) in [5.41, 5.74) is 6.45. The fraction of sp³-hybridized carbons (Fsp3) is 0.250. The zero-order chi connectivity index (χ0) is 18.8. The summed E-state index contributed by atoms with van der Waals surface area (Å²) in [6, 6.07) is 9.30. The average molecular weight is 354 g/mol. The third-order valence-corrected chi connectivity index (χ3v) is 5.36. The summed E-state index contributed by atoms with van der Waals surface area (Å²) in [4.78, 5) is 0. The lowest BCUT2D eigenvalue weighted by Gasteiger charge is -2.34. The van der Waals surface area contributed by atoms with Crippen LogP contribution in [0.4, 0.5) is 8.63 Å². The van der Waals surface area contributed by atoms with Gasteiger partial charge in [0.1, 0.15) is 5.71 Å². The van der Waals surface area contributed by atoms with E-state index >= 15 is 8.63 Å². The van der Waals surface area contributed by atoms with Gasteiger partial charge in [0.05, 0.1) is 12.2 Å². The molecular weight excluding hydrogens is 333 g/mol. The second kappa shape index (κ2) is 5.51. The molecular formula is C20H21BF2N2O. The van der Waals surface area contributed by atoms with Gasteiger partial charge in [-0.2, -0.15) is 0 Å². The predicted octanol–water partition coefficient (Wildman–Crippen LogP) is 4.03. The summed E-state index contributed by atoms with van der Waals surface area (Å²) in [6.45, 7) is 3.25. The summed E-state index contributed by atoms with van der Waals surface area (Å²) < 4.78 is 33.4. The van der Waals surface area contributed by atoms with Gasteiger partial charge in [-0.15, -0.1) is 0 Å². The largest absolute Gasteiger partial charge is 0.737 e. The molecule has 0 amide bonds. The fourth-order valence-corrected chi connectivity index (χ4v) is 4.35. The van der Waals surface area contributed by atoms with Gasteiger partial charge >= 0.3 is 6.97 Å². The Kier molecular flexibility index (Phi) is 3.60. The van der Waals surface area contributed by atoms with Gasteiger partial charge in [-0.1, -0.05) is 24.3 Å². The zero-order valence-electron chi connectivity index (χ0n) is 15.3. The van der Waals surface area contributed by atoms with Crippen molar-refractivity contribution < 1.29 is 18.2 Å². The second-order valence-corrected chi connectivity index (χ2v) is 7.19. The quantitative estimate of drug-likeness (QED) is 0.811. The van der Waals surface area contributed by atoms with Crippen molar-refractivity contribution in [1.29, 1.82) is 0 Å². The maximum Gasteiger partial charge on any atom is 0.737 e. The Morgan fingerprint density at radius 1 is 1.08 bits per heavy atom. The van der Waals surface area contributed by atoms with Crippen molar-refractivity contribution >= 4 is 18.3 Å². The number of allylic oxidation sites excluding steroid dienone is 2. The molecule has 0 unspecified atom stereocenters. The molecule has 0 radical (unpaired) electrons. The Morgan fingerprint density at radius 2 is 1.73 bits per heavy atom. The maximum atomic E-state index is 15.5. The number of aliphatic hydroxyl groups excluding tert-OH is 1. The highest BCUT2D eigenvalue weighted by atomic mass is 19.2. The summed E-state index contributed by atoms with van der Waals surface area (Å²) >= 11 is 0. The smallest absolute Gasteiger partial charge is 0.393 e. The van der Waals surface area contributed by atoms with Crippen molar-refractivity contribution in [3.05, 3.63) is 75.8 Å². The molecule has 4 rings (SSSR count). The molecule has 0 spiro atoms. The molecule has 3 heterocycles. The maximum absolute atomic E-state index is 15.5. The number of halogens is 2. The zero-order valence-corrected chi connectivity index (χ0v) is 15.3. The van der Waals surface area contributed by atoms with E-state index in [9.17, 15) is 5.11 Å². The van der Waals surface area contributed by atoms with Gasteiger partial charge in [0.15, 0.2) is 5.70 Å². The van der Waals surface area contributed by atoms with E-state index in [0.29, 0.717) is 22.8 Å². The lowest BCUT2D eigenvalue weighted by molar-refractivity contribution is -0.363. The summed E-state index contributed by atoms with van der Waals surface area (Å²) in [6.07, 6.45) is 1.82. The van der Waals surface area contributed by atoms with E-state index in [0.717, 1.165) is 27.8 Å². The highest BCUT2D eigenvalue weighted by Gasteiger charge is 2.55. The Hall–Kier alpha value is -2.47. The number of aromatic nitrogens is 1. The van der Waals surface area contributed by atoms with Crippen molar-refractivity contribution in [2.24, 2.45) is 0 Å². The molecule has 2 aliphatic rings. The van der Waals surface area contributed by atoms with Crippen LogP contribution in [0, 0.1) is 13.8 Å². The predicted molar refractivity (Wildman–Crippen MR) is 100 cm³/mol. The molecule has 1 N–H and O–H groups in total. The Balaban J connectivity index is 2.12. The van der Waals surface area contributed by atoms with Gasteiger partial charge in [-0.3, -0.25) is 0 Å². The minimum absolute atomic E-state index is 0.0418. The molecule has 0 aliphatic carbocycles. The summed E-state index contributed by atoms with van der Waals surface area (Å²) in [7, 11) is 0. The molecule has 134 valence electrons. The molecule has 26 heavy (non-hydrogen) atoms. The molecule has 3 nitrogen and oxygen atoms in total. The van der Waals surface area contributed by atoms with Gasteiger partial charge in [-0.25, -0.2) is 0 Å². The summed E-state index contributed by atoms with van der Waals surface area (Å²) in [5, 5.41) is 9.31. The number of hydrogen-bond donors (Lipinski definition) is 1. The first-order valence-corrected chi connectivity index (χ1v) is 8.74. The molecule has 0 bridgehead atoms. The molecule has 0 saturated carbocycles. The van der Waals surface area contributed by atoms with Gasteiger partial charge in [0.25, 0.3) is 0 Å². The number of aliphatic hydroxyl groups is 1. The minimum atomic E-state index is -3.94. The summed E-state index contributed by atoms with van der Waals surface area (Å²) in [5.74, 6) is 0. The number of benzene rings is 1. The van der Waals surface area contributed by atoms with Crippen molar-refractivity contribution in [1.82, 2.24) is 4.48 Å².